The molecule has 0 aliphatic rings. The number of ether oxygens (including phenoxy) is 1. The molecule has 0 radical (unpaired) electrons. The average molecular weight is 302 g/mol. The van der Waals surface area contributed by atoms with Crippen LogP contribution in [0.25, 0.3) is 0 Å². The lowest BCUT2D eigenvalue weighted by molar-refractivity contribution is 0.0945. The molecule has 0 aliphatic carbocycles. The van der Waals surface area contributed by atoms with Crippen LogP contribution in [0.1, 0.15) is 16.2 Å². The van der Waals surface area contributed by atoms with Gasteiger partial charge in [-0.3, -0.25) is 14.6 Å². The van der Waals surface area contributed by atoms with E-state index in [1.54, 1.807) is 13.3 Å². The van der Waals surface area contributed by atoms with E-state index in [0.29, 0.717) is 26.1 Å². The second-order valence-corrected chi connectivity index (χ2v) is 4.60. The topological polar surface area (TPSA) is 86.1 Å². The van der Waals surface area contributed by atoms with Crippen molar-refractivity contribution in [2.45, 2.75) is 13.0 Å². The van der Waals surface area contributed by atoms with Crippen LogP contribution in [0.3, 0.4) is 0 Å². The van der Waals surface area contributed by atoms with Crippen LogP contribution < -0.4 is 10.9 Å². The Morgan fingerprint density at radius 2 is 2.18 bits per heavy atom. The number of nitrogens with zero attached hydrogens (tertiary/aromatic N) is 3. The molecule has 0 aromatic carbocycles. The predicted octanol–water partition coefficient (Wildman–Crippen LogP) is 0.257. The molecule has 7 nitrogen and oxygen atoms in total. The van der Waals surface area contributed by atoms with E-state index in [2.05, 4.69) is 15.4 Å². The number of aromatic nitrogens is 3. The van der Waals surface area contributed by atoms with Crippen molar-refractivity contribution in [1.82, 2.24) is 20.1 Å². The first kappa shape index (κ1) is 15.8. The Balaban J connectivity index is 1.93. The van der Waals surface area contributed by atoms with E-state index in [1.165, 1.54) is 16.8 Å². The Morgan fingerprint density at radius 3 is 2.91 bits per heavy atom. The molecule has 2 heterocycles. The molecule has 0 fully saturated rings. The van der Waals surface area contributed by atoms with Crippen molar-refractivity contribution in [3.8, 4) is 0 Å². The molecule has 7 heteroatoms. The number of pyridine rings is 1. The third kappa shape index (κ3) is 4.49. The quantitative estimate of drug-likeness (QED) is 0.792. The Morgan fingerprint density at radius 1 is 1.32 bits per heavy atom. The molecule has 1 amide bonds. The van der Waals surface area contributed by atoms with Crippen LogP contribution in [-0.2, 0) is 17.7 Å². The highest BCUT2D eigenvalue weighted by atomic mass is 16.5. The molecule has 1 N–H and O–H groups in total. The molecular weight excluding hydrogens is 284 g/mol. The first-order valence-electron chi connectivity index (χ1n) is 6.96. The van der Waals surface area contributed by atoms with Gasteiger partial charge in [-0.15, -0.1) is 0 Å². The SMILES string of the molecule is COCCn1nc(C(=O)NCCc2ccccn2)ccc1=O. The molecule has 0 atom stereocenters. The Kier molecular flexibility index (Phi) is 5.79. The van der Waals surface area contributed by atoms with Gasteiger partial charge in [-0.25, -0.2) is 4.68 Å². The molecule has 0 saturated carbocycles. The maximum absolute atomic E-state index is 12.0. The van der Waals surface area contributed by atoms with Crippen LogP contribution in [0.2, 0.25) is 0 Å². The summed E-state index contributed by atoms with van der Waals surface area (Å²) in [6.45, 7) is 1.12. The Hall–Kier alpha value is -2.54. The van der Waals surface area contributed by atoms with Gasteiger partial charge in [0, 0.05) is 38.0 Å². The lowest BCUT2D eigenvalue weighted by Crippen LogP contribution is -2.31. The fourth-order valence-corrected chi connectivity index (χ4v) is 1.85. The van der Waals surface area contributed by atoms with Gasteiger partial charge >= 0.3 is 0 Å². The zero-order valence-electron chi connectivity index (χ0n) is 12.4. The van der Waals surface area contributed by atoms with Gasteiger partial charge in [0.1, 0.15) is 5.69 Å². The fourth-order valence-electron chi connectivity index (χ4n) is 1.85. The monoisotopic (exact) mass is 302 g/mol. The summed E-state index contributed by atoms with van der Waals surface area (Å²) in [7, 11) is 1.54. The van der Waals surface area contributed by atoms with Crippen LogP contribution in [0.15, 0.2) is 41.3 Å². The second-order valence-electron chi connectivity index (χ2n) is 4.60. The van der Waals surface area contributed by atoms with E-state index in [-0.39, 0.29) is 17.2 Å². The summed E-state index contributed by atoms with van der Waals surface area (Å²) in [6.07, 6.45) is 2.35. The molecule has 0 aliphatic heterocycles. The summed E-state index contributed by atoms with van der Waals surface area (Å²) >= 11 is 0. The van der Waals surface area contributed by atoms with Crippen molar-refractivity contribution < 1.29 is 9.53 Å². The van der Waals surface area contributed by atoms with E-state index >= 15 is 0 Å². The predicted molar refractivity (Wildman–Crippen MR) is 80.6 cm³/mol. The van der Waals surface area contributed by atoms with Crippen LogP contribution >= 0.6 is 0 Å². The second kappa shape index (κ2) is 8.04. The largest absolute Gasteiger partial charge is 0.383 e. The minimum Gasteiger partial charge on any atom is -0.383 e. The molecule has 0 saturated heterocycles. The number of hydrogen-bond donors (Lipinski definition) is 1. The van der Waals surface area contributed by atoms with Crippen molar-refractivity contribution in [1.29, 1.82) is 0 Å². The molecule has 2 aromatic rings. The highest BCUT2D eigenvalue weighted by Crippen LogP contribution is 1.95. The molecule has 0 unspecified atom stereocenters. The number of amides is 1. The zero-order valence-corrected chi connectivity index (χ0v) is 12.4. The summed E-state index contributed by atoms with van der Waals surface area (Å²) < 4.78 is 6.13. The van der Waals surface area contributed by atoms with E-state index in [4.69, 9.17) is 4.74 Å². The number of carbonyl (C=O) groups is 1. The van der Waals surface area contributed by atoms with Gasteiger partial charge < -0.3 is 10.1 Å². The van der Waals surface area contributed by atoms with E-state index in [1.807, 2.05) is 18.2 Å². The number of carbonyl (C=O) groups excluding carboxylic acids is 1. The van der Waals surface area contributed by atoms with Crippen molar-refractivity contribution >= 4 is 5.91 Å². The average Bonchev–Trinajstić information content (AvgIpc) is 2.55. The van der Waals surface area contributed by atoms with Crippen molar-refractivity contribution in [3.05, 3.63) is 58.3 Å². The first-order chi connectivity index (χ1) is 10.7. The Bertz CT molecular complexity index is 670. The minimum atomic E-state index is -0.318. The summed E-state index contributed by atoms with van der Waals surface area (Å²) in [6, 6.07) is 8.39. The zero-order chi connectivity index (χ0) is 15.8. The van der Waals surface area contributed by atoms with Crippen molar-refractivity contribution in [3.63, 3.8) is 0 Å². The first-order valence-corrected chi connectivity index (χ1v) is 6.96. The summed E-state index contributed by atoms with van der Waals surface area (Å²) in [5.41, 5.74) is 0.847. The smallest absolute Gasteiger partial charge is 0.271 e. The third-order valence-electron chi connectivity index (χ3n) is 3.00. The van der Waals surface area contributed by atoms with E-state index in [0.717, 1.165) is 5.69 Å². The van der Waals surface area contributed by atoms with E-state index in [9.17, 15) is 9.59 Å². The summed E-state index contributed by atoms with van der Waals surface area (Å²) in [5.74, 6) is -0.318. The molecule has 0 spiro atoms. The molecule has 22 heavy (non-hydrogen) atoms. The van der Waals surface area contributed by atoms with Gasteiger partial charge in [-0.1, -0.05) is 6.07 Å². The van der Waals surface area contributed by atoms with Gasteiger partial charge in [0.2, 0.25) is 0 Å². The molecule has 116 valence electrons. The Labute approximate surface area is 128 Å². The molecule has 0 bridgehead atoms. The standard InChI is InChI=1S/C15H18N4O3/c1-22-11-10-19-14(20)6-5-13(18-19)15(21)17-9-7-12-4-2-3-8-16-12/h2-6,8H,7,9-11H2,1H3,(H,17,21). The van der Waals surface area contributed by atoms with Gasteiger partial charge in [-0.2, -0.15) is 5.10 Å². The number of methoxy groups -OCH3 is 1. The fraction of sp³-hybridized carbons (Fsp3) is 0.333. The van der Waals surface area contributed by atoms with Crippen molar-refractivity contribution in [2.24, 2.45) is 0 Å². The van der Waals surface area contributed by atoms with Crippen LogP contribution in [0.4, 0.5) is 0 Å². The summed E-state index contributed by atoms with van der Waals surface area (Å²) in [4.78, 5) is 27.8. The maximum atomic E-state index is 12.0. The molecule has 2 rings (SSSR count). The van der Waals surface area contributed by atoms with Crippen molar-refractivity contribution in [2.75, 3.05) is 20.3 Å². The van der Waals surface area contributed by atoms with Gasteiger partial charge in [0.15, 0.2) is 0 Å². The number of hydrogen-bond acceptors (Lipinski definition) is 5. The lowest BCUT2D eigenvalue weighted by Gasteiger charge is -2.07. The minimum absolute atomic E-state index is 0.205. The lowest BCUT2D eigenvalue weighted by atomic mass is 10.2. The number of nitrogens with one attached hydrogen (secondary N) is 1. The number of rotatable bonds is 7. The summed E-state index contributed by atoms with van der Waals surface area (Å²) in [5, 5.41) is 6.79. The normalized spacial score (nSPS) is 10.4. The van der Waals surface area contributed by atoms with Gasteiger partial charge in [0.25, 0.3) is 11.5 Å². The van der Waals surface area contributed by atoms with Gasteiger partial charge in [0.05, 0.1) is 13.2 Å². The molecular formula is C15H18N4O3. The van der Waals surface area contributed by atoms with Gasteiger partial charge in [-0.05, 0) is 18.2 Å². The third-order valence-corrected chi connectivity index (χ3v) is 3.00. The van der Waals surface area contributed by atoms with Crippen LogP contribution in [-0.4, -0.2) is 40.9 Å². The molecule has 2 aromatic heterocycles. The van der Waals surface area contributed by atoms with Crippen LogP contribution in [0.5, 0.6) is 0 Å². The highest BCUT2D eigenvalue weighted by Gasteiger charge is 2.09. The van der Waals surface area contributed by atoms with E-state index < -0.39 is 0 Å². The van der Waals surface area contributed by atoms with Crippen LogP contribution in [0, 0.1) is 0 Å². The maximum Gasteiger partial charge on any atom is 0.271 e. The highest BCUT2D eigenvalue weighted by molar-refractivity contribution is 5.91.